The maximum Gasteiger partial charge on any atom is 0.137 e. The quantitative estimate of drug-likeness (QED) is 0.190. The van der Waals surface area contributed by atoms with E-state index in [1.54, 1.807) is 0 Å². The molecular weight excluding hydrogens is 567 g/mol. The van der Waals surface area contributed by atoms with Crippen molar-refractivity contribution in [2.75, 3.05) is 4.90 Å². The maximum absolute atomic E-state index is 6.42. The van der Waals surface area contributed by atoms with Gasteiger partial charge >= 0.3 is 0 Å². The van der Waals surface area contributed by atoms with Crippen molar-refractivity contribution < 1.29 is 4.42 Å². The number of fused-ring (bicyclic) bond motifs is 11. The Kier molecular flexibility index (Phi) is 5.19. The van der Waals surface area contributed by atoms with Crippen molar-refractivity contribution in [1.29, 1.82) is 0 Å². The Morgan fingerprint density at radius 3 is 1.91 bits per heavy atom. The molecular formula is C42H25NOS. The molecule has 0 aliphatic carbocycles. The molecule has 0 N–H and O–H groups in total. The van der Waals surface area contributed by atoms with Crippen LogP contribution in [0, 0.1) is 0 Å². The summed E-state index contributed by atoms with van der Waals surface area (Å²) in [5, 5.41) is 12.4. The minimum absolute atomic E-state index is 0.886. The molecule has 0 radical (unpaired) electrons. The van der Waals surface area contributed by atoms with Gasteiger partial charge in [0.2, 0.25) is 0 Å². The van der Waals surface area contributed by atoms with Crippen LogP contribution in [0.25, 0.3) is 74.4 Å². The van der Waals surface area contributed by atoms with Crippen molar-refractivity contribution in [3.8, 4) is 0 Å². The fraction of sp³-hybridized carbons (Fsp3) is 0. The molecule has 0 saturated heterocycles. The zero-order valence-corrected chi connectivity index (χ0v) is 25.0. The van der Waals surface area contributed by atoms with Crippen molar-refractivity contribution in [2.45, 2.75) is 0 Å². The number of anilines is 3. The van der Waals surface area contributed by atoms with Gasteiger partial charge in [0.25, 0.3) is 0 Å². The molecule has 45 heavy (non-hydrogen) atoms. The lowest BCUT2D eigenvalue weighted by atomic mass is 9.94. The first-order valence-electron chi connectivity index (χ1n) is 15.3. The predicted octanol–water partition coefficient (Wildman–Crippen LogP) is 12.9. The van der Waals surface area contributed by atoms with Gasteiger partial charge in [0, 0.05) is 53.8 Å². The molecule has 2 heterocycles. The Hall–Kier alpha value is -5.64. The first-order chi connectivity index (χ1) is 22.3. The number of benzene rings is 8. The van der Waals surface area contributed by atoms with E-state index in [0.717, 1.165) is 39.0 Å². The lowest BCUT2D eigenvalue weighted by Gasteiger charge is -2.27. The van der Waals surface area contributed by atoms with E-state index in [9.17, 15) is 0 Å². The molecule has 10 rings (SSSR count). The molecule has 0 aliphatic rings. The van der Waals surface area contributed by atoms with E-state index in [1.165, 1.54) is 52.5 Å². The highest BCUT2D eigenvalue weighted by Gasteiger charge is 2.20. The molecule has 10 aromatic rings. The maximum atomic E-state index is 6.42. The van der Waals surface area contributed by atoms with E-state index in [1.807, 2.05) is 23.5 Å². The molecule has 2 aromatic heterocycles. The van der Waals surface area contributed by atoms with Crippen LogP contribution >= 0.6 is 11.3 Å². The SMILES string of the molecule is c1ccc2c(c1)ccc1ccc3cccc(N(c4ccc5c(c4)oc4ccccc45)c4ccc5c(c4)sc4ccccc45)c3c12. The fourth-order valence-corrected chi connectivity index (χ4v) is 8.31. The molecule has 0 spiro atoms. The second-order valence-corrected chi connectivity index (χ2v) is 12.8. The van der Waals surface area contributed by atoms with Gasteiger partial charge < -0.3 is 9.32 Å². The van der Waals surface area contributed by atoms with Crippen LogP contribution in [0.3, 0.4) is 0 Å². The summed E-state index contributed by atoms with van der Waals surface area (Å²) in [6, 6.07) is 54.9. The average Bonchev–Trinajstić information content (AvgIpc) is 3.65. The molecule has 0 atom stereocenters. The average molecular weight is 592 g/mol. The first kappa shape index (κ1) is 24.8. The second kappa shape index (κ2) is 9.43. The predicted molar refractivity (Wildman–Crippen MR) is 194 cm³/mol. The van der Waals surface area contributed by atoms with Crippen LogP contribution in [0.5, 0.6) is 0 Å². The zero-order valence-electron chi connectivity index (χ0n) is 24.2. The van der Waals surface area contributed by atoms with E-state index in [2.05, 4.69) is 144 Å². The number of hydrogen-bond acceptors (Lipinski definition) is 3. The molecule has 0 aliphatic heterocycles. The van der Waals surface area contributed by atoms with Crippen molar-refractivity contribution in [3.05, 3.63) is 152 Å². The van der Waals surface area contributed by atoms with Crippen molar-refractivity contribution >= 4 is 103 Å². The Morgan fingerprint density at radius 2 is 1.02 bits per heavy atom. The molecule has 0 saturated carbocycles. The molecule has 0 unspecified atom stereocenters. The van der Waals surface area contributed by atoms with Gasteiger partial charge in [-0.25, -0.2) is 0 Å². The Labute approximate surface area is 263 Å². The van der Waals surface area contributed by atoms with Crippen LogP contribution in [-0.2, 0) is 0 Å². The van der Waals surface area contributed by atoms with E-state index < -0.39 is 0 Å². The van der Waals surface area contributed by atoms with Crippen LogP contribution in [0.15, 0.2) is 156 Å². The highest BCUT2D eigenvalue weighted by Crippen LogP contribution is 2.46. The van der Waals surface area contributed by atoms with Gasteiger partial charge in [-0.3, -0.25) is 0 Å². The van der Waals surface area contributed by atoms with Crippen molar-refractivity contribution in [1.82, 2.24) is 0 Å². The number of nitrogens with zero attached hydrogens (tertiary/aromatic N) is 1. The summed E-state index contributed by atoms with van der Waals surface area (Å²) in [7, 11) is 0. The van der Waals surface area contributed by atoms with Crippen LogP contribution in [0.4, 0.5) is 17.1 Å². The minimum atomic E-state index is 0.886. The molecule has 0 amide bonds. The van der Waals surface area contributed by atoms with Crippen LogP contribution in [0.1, 0.15) is 0 Å². The smallest absolute Gasteiger partial charge is 0.137 e. The summed E-state index contributed by atoms with van der Waals surface area (Å²) in [4.78, 5) is 2.42. The standard InChI is InChI=1S/C42H25NOS/c1-2-10-31-26(8-1)16-17-28-19-18-27-9-7-13-36(42(27)41(28)31)43(29-20-22-33-32-11-3-5-14-37(32)44-38(33)24-29)30-21-23-35-34-12-4-6-15-39(34)45-40(35)25-30/h1-25H. The Balaban J connectivity index is 1.31. The Bertz CT molecular complexity index is 2670. The molecule has 2 nitrogen and oxygen atoms in total. The van der Waals surface area contributed by atoms with E-state index in [0.29, 0.717) is 0 Å². The third-order valence-electron chi connectivity index (χ3n) is 9.21. The van der Waals surface area contributed by atoms with Gasteiger partial charge in [-0.15, -0.1) is 11.3 Å². The number of hydrogen-bond donors (Lipinski definition) is 0. The van der Waals surface area contributed by atoms with Gasteiger partial charge in [0.15, 0.2) is 0 Å². The zero-order chi connectivity index (χ0) is 29.5. The third-order valence-corrected chi connectivity index (χ3v) is 10.3. The molecule has 0 bridgehead atoms. The van der Waals surface area contributed by atoms with Gasteiger partial charge in [0.05, 0.1) is 5.69 Å². The monoisotopic (exact) mass is 591 g/mol. The third kappa shape index (κ3) is 3.68. The van der Waals surface area contributed by atoms with Gasteiger partial charge in [-0.05, 0) is 69.4 Å². The topological polar surface area (TPSA) is 16.4 Å². The van der Waals surface area contributed by atoms with E-state index in [-0.39, 0.29) is 0 Å². The highest BCUT2D eigenvalue weighted by molar-refractivity contribution is 7.25. The van der Waals surface area contributed by atoms with Crippen molar-refractivity contribution in [2.24, 2.45) is 0 Å². The van der Waals surface area contributed by atoms with E-state index in [4.69, 9.17) is 4.42 Å². The number of para-hydroxylation sites is 1. The van der Waals surface area contributed by atoms with Gasteiger partial charge in [-0.2, -0.15) is 0 Å². The molecule has 210 valence electrons. The largest absolute Gasteiger partial charge is 0.456 e. The van der Waals surface area contributed by atoms with Crippen LogP contribution < -0.4 is 4.90 Å². The van der Waals surface area contributed by atoms with Gasteiger partial charge in [-0.1, -0.05) is 103 Å². The lowest BCUT2D eigenvalue weighted by molar-refractivity contribution is 0.669. The van der Waals surface area contributed by atoms with Crippen molar-refractivity contribution in [3.63, 3.8) is 0 Å². The van der Waals surface area contributed by atoms with E-state index >= 15 is 0 Å². The summed E-state index contributed by atoms with van der Waals surface area (Å²) < 4.78 is 9.00. The van der Waals surface area contributed by atoms with Crippen LogP contribution in [0.2, 0.25) is 0 Å². The van der Waals surface area contributed by atoms with Gasteiger partial charge in [0.1, 0.15) is 11.2 Å². The summed E-state index contributed by atoms with van der Waals surface area (Å²) in [5.41, 5.74) is 5.12. The number of thiophene rings is 1. The first-order valence-corrected chi connectivity index (χ1v) is 16.1. The second-order valence-electron chi connectivity index (χ2n) is 11.7. The molecule has 0 fully saturated rings. The minimum Gasteiger partial charge on any atom is -0.456 e. The lowest BCUT2D eigenvalue weighted by Crippen LogP contribution is -2.10. The summed E-state index contributed by atoms with van der Waals surface area (Å²) in [6.45, 7) is 0. The normalized spacial score (nSPS) is 12.0. The molecule has 3 heteroatoms. The fourth-order valence-electron chi connectivity index (χ4n) is 7.18. The summed E-state index contributed by atoms with van der Waals surface area (Å²) in [6.07, 6.45) is 0. The highest BCUT2D eigenvalue weighted by atomic mass is 32.1. The number of rotatable bonds is 3. The summed E-state index contributed by atoms with van der Waals surface area (Å²) >= 11 is 1.85. The molecule has 8 aromatic carbocycles. The van der Waals surface area contributed by atoms with Crippen LogP contribution in [-0.4, -0.2) is 0 Å². The number of furan rings is 1. The Morgan fingerprint density at radius 1 is 0.400 bits per heavy atom. The summed E-state index contributed by atoms with van der Waals surface area (Å²) in [5.74, 6) is 0.